The molecule has 2 N–H and O–H groups in total. The summed E-state index contributed by atoms with van der Waals surface area (Å²) in [5, 5.41) is 15.6. The van der Waals surface area contributed by atoms with Gasteiger partial charge in [0.15, 0.2) is 5.96 Å². The summed E-state index contributed by atoms with van der Waals surface area (Å²) in [6, 6.07) is 2.34. The molecule has 2 rings (SSSR count). The number of aryl methyl sites for hydroxylation is 4. The zero-order chi connectivity index (χ0) is 19.1. The number of halogens is 1. The van der Waals surface area contributed by atoms with E-state index in [1.54, 1.807) is 7.05 Å². The van der Waals surface area contributed by atoms with E-state index >= 15 is 0 Å². The van der Waals surface area contributed by atoms with Crippen molar-refractivity contribution in [2.24, 2.45) is 12.0 Å². The number of likely N-dealkylation sites (N-methyl/N-ethyl adjacent to an activating group) is 1. The first-order chi connectivity index (χ1) is 12.4. The Hall–Kier alpha value is -1.62. The lowest BCUT2D eigenvalue weighted by molar-refractivity contribution is 0.298. The number of nitrogens with zero attached hydrogens (tertiary/aromatic N) is 6. The first-order valence-electron chi connectivity index (χ1n) is 9.01. The monoisotopic (exact) mass is 488 g/mol. The Bertz CT molecular complexity index is 719. The normalized spacial score (nSPS) is 12.8. The number of guanidine groups is 1. The van der Waals surface area contributed by atoms with Crippen molar-refractivity contribution in [3.63, 3.8) is 0 Å². The second-order valence-electron chi connectivity index (χ2n) is 6.81. The van der Waals surface area contributed by atoms with E-state index in [4.69, 9.17) is 0 Å². The van der Waals surface area contributed by atoms with Crippen molar-refractivity contribution in [3.05, 3.63) is 35.4 Å². The largest absolute Gasteiger partial charge is 0.356 e. The lowest BCUT2D eigenvalue weighted by Gasteiger charge is -2.24. The van der Waals surface area contributed by atoms with Gasteiger partial charge in [-0.2, -0.15) is 10.2 Å². The van der Waals surface area contributed by atoms with Crippen LogP contribution in [0.4, 0.5) is 0 Å². The van der Waals surface area contributed by atoms with Gasteiger partial charge >= 0.3 is 0 Å². The maximum Gasteiger partial charge on any atom is 0.191 e. The molecular formula is C18H33IN8. The zero-order valence-corrected chi connectivity index (χ0v) is 19.6. The summed E-state index contributed by atoms with van der Waals surface area (Å²) in [5.41, 5.74) is 3.46. The topological polar surface area (TPSA) is 75.3 Å². The minimum absolute atomic E-state index is 0. The van der Waals surface area contributed by atoms with Crippen LogP contribution in [0, 0.1) is 13.8 Å². The SMILES string of the molecule is CN=C(NCCCn1nc(C)cc1C)NCC(c1cnn(C)c1)N(C)C.I. The molecule has 8 nitrogen and oxygen atoms in total. The number of aliphatic imine (C=N–C) groups is 1. The van der Waals surface area contributed by atoms with E-state index in [0.29, 0.717) is 0 Å². The third kappa shape index (κ3) is 7.13. The maximum absolute atomic E-state index is 4.49. The number of hydrogen-bond acceptors (Lipinski definition) is 4. The number of aromatic nitrogens is 4. The molecule has 0 saturated heterocycles. The van der Waals surface area contributed by atoms with Crippen LogP contribution in [0.5, 0.6) is 0 Å². The molecule has 9 heteroatoms. The van der Waals surface area contributed by atoms with Gasteiger partial charge in [-0.3, -0.25) is 14.4 Å². The predicted octanol–water partition coefficient (Wildman–Crippen LogP) is 1.71. The molecular weight excluding hydrogens is 455 g/mol. The molecule has 0 fully saturated rings. The molecule has 1 atom stereocenters. The highest BCUT2D eigenvalue weighted by Gasteiger charge is 2.16. The molecule has 0 aliphatic carbocycles. The summed E-state index contributed by atoms with van der Waals surface area (Å²) in [5.74, 6) is 0.814. The van der Waals surface area contributed by atoms with Gasteiger partial charge in [-0.1, -0.05) is 0 Å². The van der Waals surface area contributed by atoms with Crippen LogP contribution in [0.25, 0.3) is 0 Å². The average molecular weight is 488 g/mol. The van der Waals surface area contributed by atoms with Gasteiger partial charge in [-0.15, -0.1) is 24.0 Å². The predicted molar refractivity (Wildman–Crippen MR) is 121 cm³/mol. The Morgan fingerprint density at radius 2 is 2.04 bits per heavy atom. The van der Waals surface area contributed by atoms with Gasteiger partial charge in [0.2, 0.25) is 0 Å². The molecule has 152 valence electrons. The van der Waals surface area contributed by atoms with Crippen LogP contribution >= 0.6 is 24.0 Å². The second kappa shape index (κ2) is 11.3. The molecule has 0 aliphatic rings. The molecule has 1 unspecified atom stereocenters. The van der Waals surface area contributed by atoms with Gasteiger partial charge < -0.3 is 15.5 Å². The van der Waals surface area contributed by atoms with Crippen molar-refractivity contribution in [2.75, 3.05) is 34.2 Å². The highest BCUT2D eigenvalue weighted by Crippen LogP contribution is 2.15. The molecule has 0 bridgehead atoms. The van der Waals surface area contributed by atoms with Gasteiger partial charge in [0.1, 0.15) is 0 Å². The molecule has 0 aromatic carbocycles. The van der Waals surface area contributed by atoms with Crippen LogP contribution in [-0.4, -0.2) is 64.7 Å². The third-order valence-electron chi connectivity index (χ3n) is 4.36. The smallest absolute Gasteiger partial charge is 0.191 e. The van der Waals surface area contributed by atoms with E-state index < -0.39 is 0 Å². The molecule has 0 radical (unpaired) electrons. The summed E-state index contributed by atoms with van der Waals surface area (Å²) in [4.78, 5) is 6.50. The lowest BCUT2D eigenvalue weighted by Crippen LogP contribution is -2.42. The molecule has 0 amide bonds. The van der Waals surface area contributed by atoms with E-state index in [0.717, 1.165) is 37.7 Å². The van der Waals surface area contributed by atoms with Crippen LogP contribution in [0.1, 0.15) is 29.4 Å². The highest BCUT2D eigenvalue weighted by molar-refractivity contribution is 14.0. The van der Waals surface area contributed by atoms with Crippen molar-refractivity contribution >= 4 is 29.9 Å². The van der Waals surface area contributed by atoms with Gasteiger partial charge in [0, 0.05) is 51.2 Å². The van der Waals surface area contributed by atoms with Crippen LogP contribution in [-0.2, 0) is 13.6 Å². The Labute approximate surface area is 179 Å². The first kappa shape index (κ1) is 23.4. The van der Waals surface area contributed by atoms with E-state index in [1.807, 2.05) is 24.9 Å². The fourth-order valence-electron chi connectivity index (χ4n) is 2.96. The maximum atomic E-state index is 4.49. The minimum Gasteiger partial charge on any atom is -0.356 e. The number of hydrogen-bond donors (Lipinski definition) is 2. The van der Waals surface area contributed by atoms with E-state index in [9.17, 15) is 0 Å². The van der Waals surface area contributed by atoms with Crippen molar-refractivity contribution in [2.45, 2.75) is 32.9 Å². The minimum atomic E-state index is 0. The molecule has 27 heavy (non-hydrogen) atoms. The van der Waals surface area contributed by atoms with E-state index in [1.165, 1.54) is 11.3 Å². The molecule has 2 aromatic rings. The summed E-state index contributed by atoms with van der Waals surface area (Å²) in [6.45, 7) is 6.62. The first-order valence-corrected chi connectivity index (χ1v) is 9.01. The Balaban J connectivity index is 0.00000364. The van der Waals surface area contributed by atoms with E-state index in [-0.39, 0.29) is 30.0 Å². The van der Waals surface area contributed by atoms with Gasteiger partial charge in [0.05, 0.1) is 17.9 Å². The lowest BCUT2D eigenvalue weighted by atomic mass is 10.1. The number of rotatable bonds is 8. The van der Waals surface area contributed by atoms with Crippen LogP contribution in [0.15, 0.2) is 23.5 Å². The molecule has 0 spiro atoms. The number of nitrogens with one attached hydrogen (secondary N) is 2. The van der Waals surface area contributed by atoms with Crippen molar-refractivity contribution in [1.82, 2.24) is 35.1 Å². The van der Waals surface area contributed by atoms with E-state index in [2.05, 4.69) is 68.7 Å². The summed E-state index contributed by atoms with van der Waals surface area (Å²) in [6.07, 6.45) is 4.95. The summed E-state index contributed by atoms with van der Waals surface area (Å²) in [7, 11) is 7.88. The van der Waals surface area contributed by atoms with Gasteiger partial charge in [-0.25, -0.2) is 0 Å². The second-order valence-corrected chi connectivity index (χ2v) is 6.81. The third-order valence-corrected chi connectivity index (χ3v) is 4.36. The van der Waals surface area contributed by atoms with Crippen LogP contribution < -0.4 is 10.6 Å². The molecule has 2 heterocycles. The Morgan fingerprint density at radius 3 is 2.56 bits per heavy atom. The van der Waals surface area contributed by atoms with Crippen molar-refractivity contribution < 1.29 is 0 Å². The standard InChI is InChI=1S/C18H32N8.HI/c1-14-10-15(2)26(23-14)9-7-8-20-18(19-3)21-12-17(24(4)5)16-11-22-25(6)13-16;/h10-11,13,17H,7-9,12H2,1-6H3,(H2,19,20,21);1H. The quantitative estimate of drug-likeness (QED) is 0.256. The Morgan fingerprint density at radius 1 is 1.30 bits per heavy atom. The fraction of sp³-hybridized carbons (Fsp3) is 0.611. The van der Waals surface area contributed by atoms with Crippen molar-refractivity contribution in [3.8, 4) is 0 Å². The fourth-order valence-corrected chi connectivity index (χ4v) is 2.96. The van der Waals surface area contributed by atoms with Crippen molar-refractivity contribution in [1.29, 1.82) is 0 Å². The average Bonchev–Trinajstić information content (AvgIpc) is 3.14. The molecule has 0 aliphatic heterocycles. The van der Waals surface area contributed by atoms with Gasteiger partial charge in [0.25, 0.3) is 0 Å². The van der Waals surface area contributed by atoms with Gasteiger partial charge in [-0.05, 0) is 40.4 Å². The zero-order valence-electron chi connectivity index (χ0n) is 17.2. The molecule has 0 saturated carbocycles. The summed E-state index contributed by atoms with van der Waals surface area (Å²) >= 11 is 0. The molecule has 2 aromatic heterocycles. The highest BCUT2D eigenvalue weighted by atomic mass is 127. The summed E-state index contributed by atoms with van der Waals surface area (Å²) < 4.78 is 3.88. The van der Waals surface area contributed by atoms with Crippen LogP contribution in [0.3, 0.4) is 0 Å². The Kier molecular flexibility index (Phi) is 9.78. The van der Waals surface area contributed by atoms with Crippen LogP contribution in [0.2, 0.25) is 0 Å².